The first-order chi connectivity index (χ1) is 13.8. The zero-order valence-electron chi connectivity index (χ0n) is 15.6. The summed E-state index contributed by atoms with van der Waals surface area (Å²) in [6.45, 7) is 5.14. The van der Waals surface area contributed by atoms with Crippen LogP contribution in [0.1, 0.15) is 12.5 Å². The molecule has 0 bridgehead atoms. The third-order valence-electron chi connectivity index (χ3n) is 5.20. The second kappa shape index (κ2) is 7.43. The fourth-order valence-electron chi connectivity index (χ4n) is 3.55. The van der Waals surface area contributed by atoms with E-state index in [0.717, 1.165) is 11.1 Å². The van der Waals surface area contributed by atoms with Crippen LogP contribution in [0.5, 0.6) is 11.5 Å². The van der Waals surface area contributed by atoms with Crippen molar-refractivity contribution in [2.45, 2.75) is 50.2 Å². The van der Waals surface area contributed by atoms with Crippen LogP contribution in [0.4, 0.5) is 0 Å². The standard InChI is InChI=1S/C20H22O9/c1-8(2)11-6-10-5-9-3-4-13(22)28-17(9)19(18(10)26-11)29-20-16(25)15(24)14(23)12(7-21)27-20/h3-5,11-12,14-16,20-21,23-25H,1,6-7H2,2H3. The van der Waals surface area contributed by atoms with Gasteiger partial charge in [-0.2, -0.15) is 0 Å². The highest BCUT2D eigenvalue weighted by molar-refractivity contribution is 5.87. The molecule has 1 fully saturated rings. The monoisotopic (exact) mass is 406 g/mol. The van der Waals surface area contributed by atoms with Gasteiger partial charge in [0, 0.05) is 23.4 Å². The van der Waals surface area contributed by atoms with Gasteiger partial charge < -0.3 is 39.1 Å². The van der Waals surface area contributed by atoms with Gasteiger partial charge in [0.1, 0.15) is 30.5 Å². The molecule has 2 aliphatic heterocycles. The van der Waals surface area contributed by atoms with Gasteiger partial charge in [0.05, 0.1) is 6.61 Å². The van der Waals surface area contributed by atoms with Gasteiger partial charge in [-0.1, -0.05) is 6.58 Å². The molecule has 0 radical (unpaired) electrons. The second-order valence-electron chi connectivity index (χ2n) is 7.34. The second-order valence-corrected chi connectivity index (χ2v) is 7.34. The first-order valence-corrected chi connectivity index (χ1v) is 9.19. The van der Waals surface area contributed by atoms with E-state index in [-0.39, 0.29) is 17.4 Å². The molecule has 1 aromatic heterocycles. The van der Waals surface area contributed by atoms with E-state index in [4.69, 9.17) is 18.6 Å². The van der Waals surface area contributed by atoms with Gasteiger partial charge in [0.25, 0.3) is 0 Å². The molecule has 9 heteroatoms. The van der Waals surface area contributed by atoms with Crippen molar-refractivity contribution < 1.29 is 39.1 Å². The van der Waals surface area contributed by atoms with Crippen molar-refractivity contribution in [3.05, 3.63) is 46.3 Å². The van der Waals surface area contributed by atoms with E-state index in [2.05, 4.69) is 6.58 Å². The van der Waals surface area contributed by atoms with E-state index in [0.29, 0.717) is 17.6 Å². The molecule has 29 heavy (non-hydrogen) atoms. The number of benzene rings is 1. The average molecular weight is 406 g/mol. The van der Waals surface area contributed by atoms with E-state index < -0.39 is 42.9 Å². The maximum Gasteiger partial charge on any atom is 0.336 e. The van der Waals surface area contributed by atoms with Gasteiger partial charge in [0.15, 0.2) is 11.3 Å². The molecule has 0 amide bonds. The van der Waals surface area contributed by atoms with Gasteiger partial charge in [-0.3, -0.25) is 0 Å². The summed E-state index contributed by atoms with van der Waals surface area (Å²) < 4.78 is 22.5. The molecule has 3 heterocycles. The van der Waals surface area contributed by atoms with E-state index >= 15 is 0 Å². The normalized spacial score (nSPS) is 31.3. The van der Waals surface area contributed by atoms with Crippen molar-refractivity contribution in [1.29, 1.82) is 0 Å². The molecule has 4 N–H and O–H groups in total. The molecule has 6 atom stereocenters. The third kappa shape index (κ3) is 3.41. The quantitative estimate of drug-likeness (QED) is 0.403. The Morgan fingerprint density at radius 2 is 2.00 bits per heavy atom. The predicted molar refractivity (Wildman–Crippen MR) is 99.8 cm³/mol. The van der Waals surface area contributed by atoms with Crippen LogP contribution in [0.2, 0.25) is 0 Å². The smallest absolute Gasteiger partial charge is 0.336 e. The van der Waals surface area contributed by atoms with E-state index in [9.17, 15) is 25.2 Å². The number of ether oxygens (including phenoxy) is 3. The highest BCUT2D eigenvalue weighted by Crippen LogP contribution is 2.45. The Balaban J connectivity index is 1.79. The van der Waals surface area contributed by atoms with Crippen LogP contribution in [0.25, 0.3) is 11.0 Å². The SMILES string of the molecule is C=C(C)C1Cc2cc3ccc(=O)oc3c(OC3OC(CO)C(O)C(O)C3O)c2O1. The first-order valence-electron chi connectivity index (χ1n) is 9.19. The van der Waals surface area contributed by atoms with Crippen LogP contribution in [-0.2, 0) is 11.2 Å². The van der Waals surface area contributed by atoms with Crippen LogP contribution < -0.4 is 15.1 Å². The summed E-state index contributed by atoms with van der Waals surface area (Å²) >= 11 is 0. The van der Waals surface area contributed by atoms with Gasteiger partial charge >= 0.3 is 5.63 Å². The molecule has 9 nitrogen and oxygen atoms in total. The number of hydrogen-bond acceptors (Lipinski definition) is 9. The maximum absolute atomic E-state index is 11.8. The van der Waals surface area contributed by atoms with Crippen LogP contribution in [0.3, 0.4) is 0 Å². The Kier molecular flexibility index (Phi) is 5.09. The van der Waals surface area contributed by atoms with Crippen LogP contribution in [0, 0.1) is 0 Å². The highest BCUT2D eigenvalue weighted by atomic mass is 16.7. The zero-order valence-corrected chi connectivity index (χ0v) is 15.6. The molecule has 0 aliphatic carbocycles. The lowest BCUT2D eigenvalue weighted by atomic mass is 9.99. The highest BCUT2D eigenvalue weighted by Gasteiger charge is 2.45. The summed E-state index contributed by atoms with van der Waals surface area (Å²) in [5.74, 6) is 0.347. The topological polar surface area (TPSA) is 139 Å². The largest absolute Gasteiger partial charge is 0.481 e. The predicted octanol–water partition coefficient (Wildman–Crippen LogP) is -0.149. The Morgan fingerprint density at radius 1 is 1.24 bits per heavy atom. The molecule has 1 saturated heterocycles. The van der Waals surface area contributed by atoms with E-state index in [1.54, 1.807) is 6.07 Å². The minimum Gasteiger partial charge on any atom is -0.481 e. The van der Waals surface area contributed by atoms with Crippen LogP contribution in [0.15, 0.2) is 39.6 Å². The number of hydrogen-bond donors (Lipinski definition) is 4. The maximum atomic E-state index is 11.8. The average Bonchev–Trinajstić information content (AvgIpc) is 3.12. The number of rotatable bonds is 4. The minimum atomic E-state index is -1.62. The molecule has 4 rings (SSSR count). The fourth-order valence-corrected chi connectivity index (χ4v) is 3.55. The summed E-state index contributed by atoms with van der Waals surface area (Å²) in [5, 5.41) is 40.2. The Labute approximate surface area is 165 Å². The first kappa shape index (κ1) is 19.9. The Morgan fingerprint density at radius 3 is 2.69 bits per heavy atom. The van der Waals surface area contributed by atoms with Crippen molar-refractivity contribution in [3.63, 3.8) is 0 Å². The molecule has 0 saturated carbocycles. The van der Waals surface area contributed by atoms with Crippen molar-refractivity contribution >= 4 is 11.0 Å². The van der Waals surface area contributed by atoms with Crippen LogP contribution >= 0.6 is 0 Å². The molecular weight excluding hydrogens is 384 g/mol. The van der Waals surface area contributed by atoms with Crippen molar-refractivity contribution in [3.8, 4) is 11.5 Å². The molecule has 2 aliphatic rings. The Bertz CT molecular complexity index is 995. The molecule has 1 aromatic carbocycles. The molecule has 6 unspecified atom stereocenters. The van der Waals surface area contributed by atoms with E-state index in [1.807, 2.05) is 13.0 Å². The summed E-state index contributed by atoms with van der Waals surface area (Å²) in [5.41, 5.74) is 1.07. The molecule has 2 aromatic rings. The van der Waals surface area contributed by atoms with Crippen molar-refractivity contribution in [2.24, 2.45) is 0 Å². The lowest BCUT2D eigenvalue weighted by molar-refractivity contribution is -0.277. The molecular formula is C20H22O9. The summed E-state index contributed by atoms with van der Waals surface area (Å²) in [6.07, 6.45) is -7.10. The van der Waals surface area contributed by atoms with Gasteiger partial charge in [0.2, 0.25) is 12.0 Å². The third-order valence-corrected chi connectivity index (χ3v) is 5.20. The summed E-state index contributed by atoms with van der Waals surface area (Å²) in [4.78, 5) is 11.8. The van der Waals surface area contributed by atoms with Gasteiger partial charge in [-0.25, -0.2) is 4.79 Å². The Hall–Kier alpha value is -2.43. The molecule has 156 valence electrons. The lowest BCUT2D eigenvalue weighted by Gasteiger charge is -2.39. The number of aliphatic hydroxyl groups is 4. The summed E-state index contributed by atoms with van der Waals surface area (Å²) in [7, 11) is 0. The zero-order chi connectivity index (χ0) is 20.9. The van der Waals surface area contributed by atoms with Gasteiger partial charge in [-0.05, 0) is 24.6 Å². The lowest BCUT2D eigenvalue weighted by Crippen LogP contribution is -2.60. The fraction of sp³-hybridized carbons (Fsp3) is 0.450. The van der Waals surface area contributed by atoms with Gasteiger partial charge in [-0.15, -0.1) is 0 Å². The van der Waals surface area contributed by atoms with Crippen molar-refractivity contribution in [2.75, 3.05) is 6.61 Å². The van der Waals surface area contributed by atoms with Crippen LogP contribution in [-0.4, -0.2) is 63.8 Å². The number of aliphatic hydroxyl groups excluding tert-OH is 4. The summed E-state index contributed by atoms with van der Waals surface area (Å²) in [6, 6.07) is 4.67. The number of fused-ring (bicyclic) bond motifs is 2. The molecule has 0 spiro atoms. The van der Waals surface area contributed by atoms with E-state index in [1.165, 1.54) is 6.07 Å². The van der Waals surface area contributed by atoms with Crippen molar-refractivity contribution in [1.82, 2.24) is 0 Å². The minimum absolute atomic E-state index is 0.0308.